The Morgan fingerprint density at radius 3 is 2.70 bits per heavy atom. The molecule has 3 aromatic heterocycles. The van der Waals surface area contributed by atoms with Crippen LogP contribution in [0.15, 0.2) is 24.8 Å². The van der Waals surface area contributed by atoms with Crippen LogP contribution in [0, 0.1) is 6.92 Å². The second-order valence-electron chi connectivity index (χ2n) is 5.90. The second kappa shape index (κ2) is 4.33. The predicted octanol–water partition coefficient (Wildman–Crippen LogP) is 2.64. The van der Waals surface area contributed by atoms with E-state index in [1.807, 2.05) is 17.5 Å². The van der Waals surface area contributed by atoms with E-state index >= 15 is 0 Å². The topological polar surface area (TPSA) is 70.9 Å². The number of H-pyrrole nitrogens is 1. The van der Waals surface area contributed by atoms with Crippen molar-refractivity contribution in [2.24, 2.45) is 0 Å². The highest BCUT2D eigenvalue weighted by molar-refractivity contribution is 5.77. The zero-order chi connectivity index (χ0) is 14.3. The van der Waals surface area contributed by atoms with Gasteiger partial charge < -0.3 is 5.32 Å². The molecule has 6 heteroatoms. The molecule has 0 saturated carbocycles. The molecule has 2 N–H and O–H groups in total. The Labute approximate surface area is 117 Å². The molecule has 0 aliphatic rings. The number of hydrogen-bond acceptors (Lipinski definition) is 4. The molecule has 20 heavy (non-hydrogen) atoms. The van der Waals surface area contributed by atoms with Crippen LogP contribution in [0.1, 0.15) is 26.5 Å². The fourth-order valence-corrected chi connectivity index (χ4v) is 2.16. The van der Waals surface area contributed by atoms with Crippen molar-refractivity contribution in [2.45, 2.75) is 33.2 Å². The lowest BCUT2D eigenvalue weighted by atomic mass is 10.1. The number of nitrogens with one attached hydrogen (secondary N) is 2. The number of aromatic amines is 1. The molecule has 3 aromatic rings. The van der Waals surface area contributed by atoms with Gasteiger partial charge >= 0.3 is 0 Å². The van der Waals surface area contributed by atoms with Crippen molar-refractivity contribution < 1.29 is 0 Å². The molecular weight excluding hydrogens is 252 g/mol. The van der Waals surface area contributed by atoms with Gasteiger partial charge in [-0.1, -0.05) is 0 Å². The minimum atomic E-state index is -0.0639. The molecule has 0 aromatic carbocycles. The number of aromatic nitrogens is 5. The summed E-state index contributed by atoms with van der Waals surface area (Å²) in [7, 11) is 0. The Morgan fingerprint density at radius 2 is 2.05 bits per heavy atom. The highest BCUT2D eigenvalue weighted by atomic mass is 15.2. The number of rotatable bonds is 2. The van der Waals surface area contributed by atoms with Gasteiger partial charge in [-0.25, -0.2) is 4.98 Å². The van der Waals surface area contributed by atoms with Crippen LogP contribution in [0.3, 0.4) is 0 Å². The fraction of sp³-hybridized carbons (Fsp3) is 0.357. The van der Waals surface area contributed by atoms with Crippen LogP contribution in [-0.4, -0.2) is 30.1 Å². The summed E-state index contributed by atoms with van der Waals surface area (Å²) < 4.78 is 2.01. The fourth-order valence-electron chi connectivity index (χ4n) is 2.16. The van der Waals surface area contributed by atoms with Crippen LogP contribution in [-0.2, 0) is 0 Å². The number of fused-ring (bicyclic) bond motifs is 1. The van der Waals surface area contributed by atoms with Crippen LogP contribution in [0.25, 0.3) is 16.9 Å². The molecule has 0 aliphatic carbocycles. The first-order valence-electron chi connectivity index (χ1n) is 6.56. The predicted molar refractivity (Wildman–Crippen MR) is 78.7 cm³/mol. The van der Waals surface area contributed by atoms with E-state index in [1.165, 1.54) is 0 Å². The standard InChI is InChI=1S/C14H18N6/c1-9-10(7-16-19-9)12-13(18-14(2,3)4)20-6-5-15-8-11(20)17-12/h5-8,18H,1-4H3,(H,16,19). The van der Waals surface area contributed by atoms with Gasteiger partial charge in [-0.05, 0) is 27.7 Å². The summed E-state index contributed by atoms with van der Waals surface area (Å²) in [6.45, 7) is 8.37. The van der Waals surface area contributed by atoms with Crippen LogP contribution in [0.5, 0.6) is 0 Å². The largest absolute Gasteiger partial charge is 0.365 e. The third-order valence-electron chi connectivity index (χ3n) is 3.01. The Hall–Kier alpha value is -2.37. The van der Waals surface area contributed by atoms with Gasteiger partial charge in [0.05, 0.1) is 12.4 Å². The van der Waals surface area contributed by atoms with Gasteiger partial charge in [-0.15, -0.1) is 0 Å². The summed E-state index contributed by atoms with van der Waals surface area (Å²) in [6, 6.07) is 0. The lowest BCUT2D eigenvalue weighted by Crippen LogP contribution is -2.27. The maximum atomic E-state index is 4.68. The minimum Gasteiger partial charge on any atom is -0.365 e. The van der Waals surface area contributed by atoms with Crippen LogP contribution >= 0.6 is 0 Å². The van der Waals surface area contributed by atoms with E-state index < -0.39 is 0 Å². The Morgan fingerprint density at radius 1 is 1.25 bits per heavy atom. The summed E-state index contributed by atoms with van der Waals surface area (Å²) in [6.07, 6.45) is 7.23. The van der Waals surface area contributed by atoms with E-state index in [2.05, 4.69) is 46.3 Å². The van der Waals surface area contributed by atoms with Crippen LogP contribution in [0.2, 0.25) is 0 Å². The first-order chi connectivity index (χ1) is 9.46. The van der Waals surface area contributed by atoms with Gasteiger partial charge in [-0.2, -0.15) is 5.10 Å². The van der Waals surface area contributed by atoms with Crippen molar-refractivity contribution in [3.05, 3.63) is 30.5 Å². The molecule has 0 bridgehead atoms. The molecule has 0 radical (unpaired) electrons. The first-order valence-corrected chi connectivity index (χ1v) is 6.56. The van der Waals surface area contributed by atoms with Crippen molar-refractivity contribution in [1.82, 2.24) is 24.6 Å². The molecular formula is C14H18N6. The summed E-state index contributed by atoms with van der Waals surface area (Å²) in [5, 5.41) is 10.6. The van der Waals surface area contributed by atoms with E-state index in [9.17, 15) is 0 Å². The SMILES string of the molecule is Cc1[nH]ncc1-c1nc2cnccn2c1NC(C)(C)C. The lowest BCUT2D eigenvalue weighted by Gasteiger charge is -2.22. The molecule has 0 spiro atoms. The molecule has 0 saturated heterocycles. The van der Waals surface area contributed by atoms with Crippen molar-refractivity contribution in [2.75, 3.05) is 5.32 Å². The smallest absolute Gasteiger partial charge is 0.157 e. The van der Waals surface area contributed by atoms with Crippen molar-refractivity contribution in [3.8, 4) is 11.3 Å². The monoisotopic (exact) mass is 270 g/mol. The molecule has 3 heterocycles. The van der Waals surface area contributed by atoms with Gasteiger partial charge in [0.1, 0.15) is 11.5 Å². The number of aryl methyl sites for hydroxylation is 1. The minimum absolute atomic E-state index is 0.0639. The normalized spacial score (nSPS) is 12.0. The van der Waals surface area contributed by atoms with Gasteiger partial charge in [0.2, 0.25) is 0 Å². The Kier molecular flexibility index (Phi) is 2.74. The van der Waals surface area contributed by atoms with E-state index in [0.717, 1.165) is 28.4 Å². The summed E-state index contributed by atoms with van der Waals surface area (Å²) >= 11 is 0. The number of hydrogen-bond donors (Lipinski definition) is 2. The van der Waals surface area contributed by atoms with E-state index in [0.29, 0.717) is 0 Å². The number of nitrogens with zero attached hydrogens (tertiary/aromatic N) is 4. The summed E-state index contributed by atoms with van der Waals surface area (Å²) in [4.78, 5) is 8.81. The van der Waals surface area contributed by atoms with Crippen molar-refractivity contribution >= 4 is 11.5 Å². The maximum absolute atomic E-state index is 4.68. The average Bonchev–Trinajstić information content (AvgIpc) is 2.92. The third-order valence-corrected chi connectivity index (χ3v) is 3.01. The van der Waals surface area contributed by atoms with E-state index in [4.69, 9.17) is 0 Å². The zero-order valence-corrected chi connectivity index (χ0v) is 12.1. The van der Waals surface area contributed by atoms with Gasteiger partial charge in [0.25, 0.3) is 0 Å². The molecule has 0 atom stereocenters. The second-order valence-corrected chi connectivity index (χ2v) is 5.90. The summed E-state index contributed by atoms with van der Waals surface area (Å²) in [5.41, 5.74) is 3.64. The molecule has 0 amide bonds. The molecule has 104 valence electrons. The van der Waals surface area contributed by atoms with Crippen LogP contribution < -0.4 is 5.32 Å². The van der Waals surface area contributed by atoms with Gasteiger partial charge in [0.15, 0.2) is 5.65 Å². The first kappa shape index (κ1) is 12.7. The van der Waals surface area contributed by atoms with E-state index in [-0.39, 0.29) is 5.54 Å². The third kappa shape index (κ3) is 2.13. The van der Waals surface area contributed by atoms with Crippen LogP contribution in [0.4, 0.5) is 5.82 Å². The van der Waals surface area contributed by atoms with Crippen molar-refractivity contribution in [1.29, 1.82) is 0 Å². The molecule has 0 aliphatic heterocycles. The number of anilines is 1. The Bertz CT molecular complexity index is 746. The maximum Gasteiger partial charge on any atom is 0.157 e. The molecule has 0 fully saturated rings. The highest BCUT2D eigenvalue weighted by Gasteiger charge is 2.20. The average molecular weight is 270 g/mol. The Balaban J connectivity index is 2.25. The van der Waals surface area contributed by atoms with E-state index in [1.54, 1.807) is 18.6 Å². The highest BCUT2D eigenvalue weighted by Crippen LogP contribution is 2.31. The molecule has 0 unspecified atom stereocenters. The summed E-state index contributed by atoms with van der Waals surface area (Å²) in [5.74, 6) is 0.958. The van der Waals surface area contributed by atoms with Gasteiger partial charge in [-0.3, -0.25) is 14.5 Å². The molecule has 6 nitrogen and oxygen atoms in total. The zero-order valence-electron chi connectivity index (χ0n) is 12.1. The van der Waals surface area contributed by atoms with Crippen molar-refractivity contribution in [3.63, 3.8) is 0 Å². The van der Waals surface area contributed by atoms with Gasteiger partial charge in [0, 0.05) is 29.2 Å². The quantitative estimate of drug-likeness (QED) is 0.751. The number of imidazole rings is 1. The lowest BCUT2D eigenvalue weighted by molar-refractivity contribution is 0.629. The molecule has 3 rings (SSSR count).